The zero-order chi connectivity index (χ0) is 11.0. The van der Waals surface area contributed by atoms with E-state index >= 15 is 0 Å². The zero-order valence-corrected chi connectivity index (χ0v) is 8.25. The average molecular weight is 222 g/mol. The second-order valence-corrected chi connectivity index (χ2v) is 4.06. The number of hydrogen-bond acceptors (Lipinski definition) is 3. The van der Waals surface area contributed by atoms with Gasteiger partial charge in [0, 0.05) is 4.70 Å². The number of carboxylic acid groups (broad SMARTS) is 2. The Morgan fingerprint density at radius 3 is 2.40 bits per heavy atom. The summed E-state index contributed by atoms with van der Waals surface area (Å²) in [5, 5.41) is 18.2. The topological polar surface area (TPSA) is 74.6 Å². The molecule has 0 radical (unpaired) electrons. The molecular formula is C10H6O4S. The molecule has 0 aliphatic rings. The first kappa shape index (κ1) is 9.67. The first-order valence-electron chi connectivity index (χ1n) is 4.08. The van der Waals surface area contributed by atoms with Crippen molar-refractivity contribution in [2.45, 2.75) is 0 Å². The predicted octanol–water partition coefficient (Wildman–Crippen LogP) is 2.30. The number of hydrogen-bond donors (Lipinski definition) is 2. The van der Waals surface area contributed by atoms with Crippen molar-refractivity contribution in [3.05, 3.63) is 34.7 Å². The van der Waals surface area contributed by atoms with Gasteiger partial charge in [0.25, 0.3) is 0 Å². The molecule has 0 bridgehead atoms. The van der Waals surface area contributed by atoms with Crippen LogP contribution in [0, 0.1) is 0 Å². The largest absolute Gasteiger partial charge is 0.478 e. The molecule has 1 aromatic heterocycles. The second-order valence-electron chi connectivity index (χ2n) is 2.97. The number of benzene rings is 1. The highest BCUT2D eigenvalue weighted by Crippen LogP contribution is 2.26. The van der Waals surface area contributed by atoms with Gasteiger partial charge in [0.05, 0.1) is 5.56 Å². The summed E-state index contributed by atoms with van der Waals surface area (Å²) in [6.07, 6.45) is 0. The van der Waals surface area contributed by atoms with Crippen LogP contribution in [0.5, 0.6) is 0 Å². The van der Waals surface area contributed by atoms with E-state index in [1.807, 2.05) is 0 Å². The zero-order valence-electron chi connectivity index (χ0n) is 7.43. The van der Waals surface area contributed by atoms with Crippen molar-refractivity contribution < 1.29 is 19.8 Å². The maximum atomic E-state index is 10.7. The highest BCUT2D eigenvalue weighted by Gasteiger charge is 2.10. The van der Waals surface area contributed by atoms with Gasteiger partial charge in [0.15, 0.2) is 0 Å². The Hall–Kier alpha value is -1.88. The Morgan fingerprint density at radius 2 is 1.80 bits per heavy atom. The SMILES string of the molecule is O=C(O)c1ccc2sc(C(=O)O)cc2c1. The Labute approximate surface area is 88.4 Å². The van der Waals surface area contributed by atoms with Crippen LogP contribution in [0.1, 0.15) is 20.0 Å². The third kappa shape index (κ3) is 1.69. The number of thiophene rings is 1. The average Bonchev–Trinajstić information content (AvgIpc) is 2.59. The molecule has 2 rings (SSSR count). The third-order valence-electron chi connectivity index (χ3n) is 1.97. The first-order valence-corrected chi connectivity index (χ1v) is 4.90. The first-order chi connectivity index (χ1) is 7.08. The molecule has 0 aliphatic carbocycles. The van der Waals surface area contributed by atoms with Crippen molar-refractivity contribution in [3.63, 3.8) is 0 Å². The van der Waals surface area contributed by atoms with Crippen molar-refractivity contribution in [2.75, 3.05) is 0 Å². The van der Waals surface area contributed by atoms with Crippen LogP contribution >= 0.6 is 11.3 Å². The van der Waals surface area contributed by atoms with Crippen molar-refractivity contribution in [2.24, 2.45) is 0 Å². The molecule has 2 aromatic rings. The quantitative estimate of drug-likeness (QED) is 0.817. The molecule has 0 fully saturated rings. The molecule has 0 saturated carbocycles. The lowest BCUT2D eigenvalue weighted by atomic mass is 10.1. The minimum atomic E-state index is -1.01. The number of carboxylic acids is 2. The normalized spacial score (nSPS) is 10.4. The van der Waals surface area contributed by atoms with Crippen LogP contribution in [0.25, 0.3) is 10.1 Å². The van der Waals surface area contributed by atoms with Gasteiger partial charge in [-0.2, -0.15) is 0 Å². The van der Waals surface area contributed by atoms with Gasteiger partial charge in [0.1, 0.15) is 4.88 Å². The van der Waals surface area contributed by atoms with Crippen LogP contribution in [-0.4, -0.2) is 22.2 Å². The Bertz CT molecular complexity index is 544. The second kappa shape index (κ2) is 3.36. The Morgan fingerprint density at radius 1 is 1.07 bits per heavy atom. The molecule has 0 amide bonds. The number of carbonyl (C=O) groups is 2. The van der Waals surface area contributed by atoms with Gasteiger partial charge in [-0.1, -0.05) is 0 Å². The van der Waals surface area contributed by atoms with Crippen molar-refractivity contribution in [3.8, 4) is 0 Å². The molecule has 76 valence electrons. The standard InChI is InChI=1S/C10H6O4S/c11-9(12)5-1-2-7-6(3-5)4-8(15-7)10(13)14/h1-4H,(H,11,12)(H,13,14). The monoisotopic (exact) mass is 222 g/mol. The third-order valence-corrected chi connectivity index (χ3v) is 3.08. The fourth-order valence-corrected chi connectivity index (χ4v) is 2.16. The minimum Gasteiger partial charge on any atom is -0.478 e. The van der Waals surface area contributed by atoms with E-state index in [0.717, 1.165) is 16.0 Å². The molecule has 15 heavy (non-hydrogen) atoms. The van der Waals surface area contributed by atoms with Gasteiger partial charge in [-0.05, 0) is 29.7 Å². The van der Waals surface area contributed by atoms with E-state index in [9.17, 15) is 9.59 Å². The van der Waals surface area contributed by atoms with Gasteiger partial charge < -0.3 is 10.2 Å². The molecule has 1 heterocycles. The number of rotatable bonds is 2. The summed E-state index contributed by atoms with van der Waals surface area (Å²) in [5.41, 5.74) is 0.164. The molecule has 0 atom stereocenters. The molecular weight excluding hydrogens is 216 g/mol. The molecule has 0 saturated heterocycles. The highest BCUT2D eigenvalue weighted by molar-refractivity contribution is 7.20. The van der Waals surface area contributed by atoms with Crippen LogP contribution in [0.4, 0.5) is 0 Å². The summed E-state index contributed by atoms with van der Waals surface area (Å²) in [4.78, 5) is 21.6. The molecule has 2 N–H and O–H groups in total. The minimum absolute atomic E-state index is 0.164. The van der Waals surface area contributed by atoms with Gasteiger partial charge in [-0.15, -0.1) is 11.3 Å². The van der Waals surface area contributed by atoms with Crippen LogP contribution in [0.3, 0.4) is 0 Å². The van der Waals surface area contributed by atoms with Gasteiger partial charge in [0.2, 0.25) is 0 Å². The van der Waals surface area contributed by atoms with Crippen molar-refractivity contribution >= 4 is 33.4 Å². The molecule has 4 nitrogen and oxygen atoms in total. The fourth-order valence-electron chi connectivity index (χ4n) is 1.28. The number of aromatic carboxylic acids is 2. The van der Waals surface area contributed by atoms with E-state index in [0.29, 0.717) is 5.39 Å². The van der Waals surface area contributed by atoms with Crippen LogP contribution < -0.4 is 0 Å². The van der Waals surface area contributed by atoms with Crippen molar-refractivity contribution in [1.82, 2.24) is 0 Å². The van der Waals surface area contributed by atoms with Crippen LogP contribution in [-0.2, 0) is 0 Å². The fraction of sp³-hybridized carbons (Fsp3) is 0. The predicted molar refractivity (Wildman–Crippen MR) is 55.7 cm³/mol. The maximum absolute atomic E-state index is 10.7. The summed E-state index contributed by atoms with van der Waals surface area (Å²) in [6, 6.07) is 6.04. The van der Waals surface area contributed by atoms with E-state index in [-0.39, 0.29) is 10.4 Å². The smallest absolute Gasteiger partial charge is 0.345 e. The van der Waals surface area contributed by atoms with Gasteiger partial charge in [-0.25, -0.2) is 9.59 Å². The summed E-state index contributed by atoms with van der Waals surface area (Å²) < 4.78 is 0.775. The summed E-state index contributed by atoms with van der Waals surface area (Å²) in [7, 11) is 0. The maximum Gasteiger partial charge on any atom is 0.345 e. The summed E-state index contributed by atoms with van der Waals surface area (Å²) >= 11 is 1.13. The summed E-state index contributed by atoms with van der Waals surface area (Å²) in [5.74, 6) is -2.01. The molecule has 5 heteroatoms. The van der Waals surface area contributed by atoms with E-state index in [2.05, 4.69) is 0 Å². The van der Waals surface area contributed by atoms with E-state index in [1.165, 1.54) is 18.2 Å². The lowest BCUT2D eigenvalue weighted by Gasteiger charge is -1.92. The van der Waals surface area contributed by atoms with E-state index in [1.54, 1.807) is 6.07 Å². The van der Waals surface area contributed by atoms with Gasteiger partial charge >= 0.3 is 11.9 Å². The summed E-state index contributed by atoms with van der Waals surface area (Å²) in [6.45, 7) is 0. The van der Waals surface area contributed by atoms with Crippen LogP contribution in [0.2, 0.25) is 0 Å². The van der Waals surface area contributed by atoms with Crippen molar-refractivity contribution in [1.29, 1.82) is 0 Å². The highest BCUT2D eigenvalue weighted by atomic mass is 32.1. The molecule has 0 unspecified atom stereocenters. The molecule has 0 aliphatic heterocycles. The lowest BCUT2D eigenvalue weighted by Crippen LogP contribution is -1.94. The van der Waals surface area contributed by atoms with Crippen LogP contribution in [0.15, 0.2) is 24.3 Å². The van der Waals surface area contributed by atoms with E-state index in [4.69, 9.17) is 10.2 Å². The molecule has 1 aromatic carbocycles. The lowest BCUT2D eigenvalue weighted by molar-refractivity contribution is 0.0689. The molecule has 0 spiro atoms. The number of fused-ring (bicyclic) bond motifs is 1. The Balaban J connectivity index is 2.62. The van der Waals surface area contributed by atoms with Gasteiger partial charge in [-0.3, -0.25) is 0 Å². The Kier molecular flexibility index (Phi) is 2.17. The van der Waals surface area contributed by atoms with E-state index < -0.39 is 11.9 Å².